The lowest BCUT2D eigenvalue weighted by molar-refractivity contribution is -0.138. The van der Waals surface area contributed by atoms with Gasteiger partial charge in [0.15, 0.2) is 0 Å². The van der Waals surface area contributed by atoms with Crippen LogP contribution in [0.3, 0.4) is 0 Å². The first-order valence-corrected chi connectivity index (χ1v) is 7.63. The van der Waals surface area contributed by atoms with Crippen molar-refractivity contribution in [2.45, 2.75) is 6.42 Å². The van der Waals surface area contributed by atoms with E-state index in [1.165, 1.54) is 10.1 Å². The molecule has 20 heavy (non-hydrogen) atoms. The number of thiophene rings is 1. The van der Waals surface area contributed by atoms with E-state index in [9.17, 15) is 4.79 Å². The number of aliphatic carboxylic acids is 1. The van der Waals surface area contributed by atoms with E-state index in [2.05, 4.69) is 21.3 Å². The average Bonchev–Trinajstić information content (AvgIpc) is 2.79. The molecule has 1 N–H and O–H groups in total. The topological polar surface area (TPSA) is 56.7 Å². The molecule has 0 aliphatic carbocycles. The summed E-state index contributed by atoms with van der Waals surface area (Å²) in [4.78, 5) is 19.6. The third kappa shape index (κ3) is 2.76. The van der Waals surface area contributed by atoms with Crippen LogP contribution < -0.4 is 4.90 Å². The molecule has 0 unspecified atom stereocenters. The lowest BCUT2D eigenvalue weighted by Gasteiger charge is -2.22. The second-order valence-electron chi connectivity index (χ2n) is 4.98. The lowest BCUT2D eigenvalue weighted by atomic mass is 10.3. The fourth-order valence-electron chi connectivity index (χ4n) is 2.66. The number of anilines is 1. The van der Waals surface area contributed by atoms with Crippen LogP contribution in [0, 0.1) is 0 Å². The molecule has 1 aliphatic heterocycles. The highest BCUT2D eigenvalue weighted by Crippen LogP contribution is 2.28. The number of aromatic nitrogens is 1. The number of fused-ring (bicyclic) bond motifs is 1. The summed E-state index contributed by atoms with van der Waals surface area (Å²) in [6.45, 7) is 3.49. The van der Waals surface area contributed by atoms with E-state index < -0.39 is 5.97 Å². The minimum atomic E-state index is -0.753. The fraction of sp³-hybridized carbons (Fsp3) is 0.429. The van der Waals surface area contributed by atoms with Gasteiger partial charge in [-0.3, -0.25) is 9.69 Å². The largest absolute Gasteiger partial charge is 0.480 e. The monoisotopic (exact) mass is 291 g/mol. The quantitative estimate of drug-likeness (QED) is 0.936. The Labute approximate surface area is 121 Å². The SMILES string of the molecule is O=C(O)CN1CCCN(c2nccc3sccc23)CC1. The zero-order valence-electron chi connectivity index (χ0n) is 11.2. The molecule has 1 fully saturated rings. The maximum absolute atomic E-state index is 10.8. The van der Waals surface area contributed by atoms with Gasteiger partial charge in [0.25, 0.3) is 0 Å². The van der Waals surface area contributed by atoms with Crippen LogP contribution >= 0.6 is 11.3 Å². The van der Waals surface area contributed by atoms with Crippen molar-refractivity contribution in [1.29, 1.82) is 0 Å². The third-order valence-electron chi connectivity index (χ3n) is 3.61. The van der Waals surface area contributed by atoms with Crippen LogP contribution in [-0.2, 0) is 4.79 Å². The smallest absolute Gasteiger partial charge is 0.317 e. The number of carbonyl (C=O) groups is 1. The number of carboxylic acids is 1. The predicted octanol–water partition coefficient (Wildman–Crippen LogP) is 1.89. The molecule has 0 radical (unpaired) electrons. The minimum Gasteiger partial charge on any atom is -0.480 e. The summed E-state index contributed by atoms with van der Waals surface area (Å²) in [5, 5.41) is 12.2. The molecule has 0 aromatic carbocycles. The Hall–Kier alpha value is -1.66. The molecule has 1 saturated heterocycles. The van der Waals surface area contributed by atoms with Crippen molar-refractivity contribution in [3.05, 3.63) is 23.7 Å². The number of nitrogens with zero attached hydrogens (tertiary/aromatic N) is 3. The van der Waals surface area contributed by atoms with Gasteiger partial charge in [0.2, 0.25) is 0 Å². The van der Waals surface area contributed by atoms with E-state index in [0.717, 1.165) is 38.4 Å². The number of hydrogen-bond acceptors (Lipinski definition) is 5. The van der Waals surface area contributed by atoms with E-state index in [1.54, 1.807) is 11.3 Å². The number of carboxylic acid groups (broad SMARTS) is 1. The van der Waals surface area contributed by atoms with Crippen LogP contribution in [-0.4, -0.2) is 53.7 Å². The van der Waals surface area contributed by atoms with Crippen molar-refractivity contribution in [3.8, 4) is 0 Å². The van der Waals surface area contributed by atoms with Crippen LogP contribution in [0.25, 0.3) is 10.1 Å². The second kappa shape index (κ2) is 5.76. The van der Waals surface area contributed by atoms with Crippen LogP contribution in [0.15, 0.2) is 23.7 Å². The van der Waals surface area contributed by atoms with E-state index in [0.29, 0.717) is 0 Å². The molecular formula is C14H17N3O2S. The Bertz CT molecular complexity index is 613. The molecule has 106 valence electrons. The zero-order valence-corrected chi connectivity index (χ0v) is 12.0. The minimum absolute atomic E-state index is 0.129. The lowest BCUT2D eigenvalue weighted by Crippen LogP contribution is -2.34. The normalized spacial score (nSPS) is 17.3. The van der Waals surface area contributed by atoms with Crippen molar-refractivity contribution in [2.24, 2.45) is 0 Å². The highest BCUT2D eigenvalue weighted by Gasteiger charge is 2.19. The second-order valence-corrected chi connectivity index (χ2v) is 5.93. The fourth-order valence-corrected chi connectivity index (χ4v) is 3.44. The Morgan fingerprint density at radius 3 is 3.05 bits per heavy atom. The van der Waals surface area contributed by atoms with Gasteiger partial charge in [-0.25, -0.2) is 4.98 Å². The Kier molecular flexibility index (Phi) is 3.84. The summed E-state index contributed by atoms with van der Waals surface area (Å²) >= 11 is 1.72. The Morgan fingerprint density at radius 2 is 2.20 bits per heavy atom. The molecule has 2 aromatic heterocycles. The molecular weight excluding hydrogens is 274 g/mol. The van der Waals surface area contributed by atoms with Gasteiger partial charge in [-0.1, -0.05) is 0 Å². The van der Waals surface area contributed by atoms with E-state index in [-0.39, 0.29) is 6.54 Å². The van der Waals surface area contributed by atoms with Crippen LogP contribution in [0.4, 0.5) is 5.82 Å². The van der Waals surface area contributed by atoms with Gasteiger partial charge < -0.3 is 10.0 Å². The van der Waals surface area contributed by atoms with Gasteiger partial charge in [0.05, 0.1) is 6.54 Å². The standard InChI is InChI=1S/C14H17N3O2S/c18-13(19)10-16-5-1-6-17(8-7-16)14-11-3-9-20-12(11)2-4-15-14/h2-4,9H,1,5-8,10H2,(H,18,19). The van der Waals surface area contributed by atoms with Gasteiger partial charge in [0, 0.05) is 42.5 Å². The number of hydrogen-bond donors (Lipinski definition) is 1. The molecule has 0 amide bonds. The molecule has 0 atom stereocenters. The van der Waals surface area contributed by atoms with Crippen LogP contribution in [0.1, 0.15) is 6.42 Å². The molecule has 0 spiro atoms. The van der Waals surface area contributed by atoms with Gasteiger partial charge in [-0.15, -0.1) is 11.3 Å². The van der Waals surface area contributed by atoms with Crippen LogP contribution in [0.2, 0.25) is 0 Å². The Morgan fingerprint density at radius 1 is 1.30 bits per heavy atom. The Balaban J connectivity index is 1.78. The summed E-state index contributed by atoms with van der Waals surface area (Å²) in [5.74, 6) is 0.275. The first kappa shape index (κ1) is 13.3. The van der Waals surface area contributed by atoms with Gasteiger partial charge >= 0.3 is 5.97 Å². The van der Waals surface area contributed by atoms with E-state index in [4.69, 9.17) is 5.11 Å². The molecule has 0 saturated carbocycles. The molecule has 3 rings (SSSR count). The molecule has 5 nitrogen and oxygen atoms in total. The van der Waals surface area contributed by atoms with E-state index >= 15 is 0 Å². The van der Waals surface area contributed by atoms with Crippen molar-refractivity contribution < 1.29 is 9.90 Å². The van der Waals surface area contributed by atoms with Crippen molar-refractivity contribution in [1.82, 2.24) is 9.88 Å². The zero-order chi connectivity index (χ0) is 13.9. The predicted molar refractivity (Wildman–Crippen MR) is 80.5 cm³/mol. The van der Waals surface area contributed by atoms with Crippen molar-refractivity contribution in [3.63, 3.8) is 0 Å². The maximum atomic E-state index is 10.8. The summed E-state index contributed by atoms with van der Waals surface area (Å²) in [6.07, 6.45) is 2.82. The molecule has 2 aromatic rings. The van der Waals surface area contributed by atoms with E-state index in [1.807, 2.05) is 17.2 Å². The summed E-state index contributed by atoms with van der Waals surface area (Å²) in [7, 11) is 0. The summed E-state index contributed by atoms with van der Waals surface area (Å²) in [5.41, 5.74) is 0. The van der Waals surface area contributed by atoms with Gasteiger partial charge in [-0.05, 0) is 23.9 Å². The highest BCUT2D eigenvalue weighted by molar-refractivity contribution is 7.17. The molecule has 3 heterocycles. The molecule has 0 bridgehead atoms. The number of pyridine rings is 1. The summed E-state index contributed by atoms with van der Waals surface area (Å²) in [6, 6.07) is 4.15. The van der Waals surface area contributed by atoms with Crippen molar-refractivity contribution >= 4 is 33.2 Å². The maximum Gasteiger partial charge on any atom is 0.317 e. The van der Waals surface area contributed by atoms with Gasteiger partial charge in [-0.2, -0.15) is 0 Å². The van der Waals surface area contributed by atoms with Gasteiger partial charge in [0.1, 0.15) is 5.82 Å². The summed E-state index contributed by atoms with van der Waals surface area (Å²) < 4.78 is 1.25. The first-order valence-electron chi connectivity index (χ1n) is 6.75. The highest BCUT2D eigenvalue weighted by atomic mass is 32.1. The molecule has 6 heteroatoms. The van der Waals surface area contributed by atoms with Crippen molar-refractivity contribution in [2.75, 3.05) is 37.6 Å². The third-order valence-corrected chi connectivity index (χ3v) is 4.49. The first-order chi connectivity index (χ1) is 9.74. The molecule has 1 aliphatic rings. The number of rotatable bonds is 3. The average molecular weight is 291 g/mol. The van der Waals surface area contributed by atoms with Crippen LogP contribution in [0.5, 0.6) is 0 Å².